The number of hydrogen-bond acceptors (Lipinski definition) is 3. The first kappa shape index (κ1) is 20.0. The predicted molar refractivity (Wildman–Crippen MR) is 107 cm³/mol. The van der Waals surface area contributed by atoms with Crippen LogP contribution in [0.5, 0.6) is 0 Å². The van der Waals surface area contributed by atoms with Crippen molar-refractivity contribution in [2.45, 2.75) is 13.0 Å². The van der Waals surface area contributed by atoms with Crippen LogP contribution >= 0.6 is 23.2 Å². The number of aliphatic carboxylic acids is 1. The molecule has 1 fully saturated rings. The van der Waals surface area contributed by atoms with Crippen molar-refractivity contribution in [3.05, 3.63) is 58.1 Å². The fourth-order valence-corrected chi connectivity index (χ4v) is 3.38. The summed E-state index contributed by atoms with van der Waals surface area (Å²) in [6.45, 7) is 1.80. The molecule has 146 valence electrons. The number of aryl methyl sites for hydroxylation is 1. The van der Waals surface area contributed by atoms with Crippen molar-refractivity contribution in [3.8, 4) is 0 Å². The number of amides is 3. The molecule has 1 aliphatic rings. The lowest BCUT2D eigenvalue weighted by Gasteiger charge is -2.19. The molecule has 3 N–H and O–H groups in total. The lowest BCUT2D eigenvalue weighted by molar-refractivity contribution is -0.142. The SMILES string of the molecule is Cc1ccccc1N1C[C@H](C(=O)O)[C@H](NC(=O)Nc2ccc(Cl)c(Cl)c2)C1=O. The number of carboxylic acid groups (broad SMARTS) is 1. The zero-order chi connectivity index (χ0) is 20.4. The molecule has 1 saturated heterocycles. The monoisotopic (exact) mass is 421 g/mol. The van der Waals surface area contributed by atoms with Crippen LogP contribution in [0.1, 0.15) is 5.56 Å². The van der Waals surface area contributed by atoms with Crippen LogP contribution in [0.2, 0.25) is 10.0 Å². The van der Waals surface area contributed by atoms with Crippen molar-refractivity contribution < 1.29 is 19.5 Å². The number of urea groups is 1. The summed E-state index contributed by atoms with van der Waals surface area (Å²) >= 11 is 11.8. The van der Waals surface area contributed by atoms with E-state index in [0.29, 0.717) is 16.4 Å². The molecule has 0 saturated carbocycles. The van der Waals surface area contributed by atoms with Crippen molar-refractivity contribution in [1.29, 1.82) is 0 Å². The van der Waals surface area contributed by atoms with Gasteiger partial charge in [0.2, 0.25) is 0 Å². The topological polar surface area (TPSA) is 98.7 Å². The molecule has 0 spiro atoms. The van der Waals surface area contributed by atoms with E-state index in [4.69, 9.17) is 23.2 Å². The first-order valence-corrected chi connectivity index (χ1v) is 9.16. The Kier molecular flexibility index (Phi) is 5.76. The Morgan fingerprint density at radius 1 is 1.14 bits per heavy atom. The van der Waals surface area contributed by atoms with Crippen LogP contribution in [-0.2, 0) is 9.59 Å². The van der Waals surface area contributed by atoms with Gasteiger partial charge in [0.05, 0.1) is 10.0 Å². The Morgan fingerprint density at radius 2 is 1.86 bits per heavy atom. The number of carbonyl (C=O) groups excluding carboxylic acids is 2. The summed E-state index contributed by atoms with van der Waals surface area (Å²) < 4.78 is 0. The fraction of sp³-hybridized carbons (Fsp3) is 0.211. The zero-order valence-corrected chi connectivity index (χ0v) is 16.3. The van der Waals surface area contributed by atoms with E-state index in [1.54, 1.807) is 18.2 Å². The van der Waals surface area contributed by atoms with E-state index in [-0.39, 0.29) is 11.6 Å². The van der Waals surface area contributed by atoms with Crippen molar-refractivity contribution in [3.63, 3.8) is 0 Å². The second-order valence-corrected chi connectivity index (χ2v) is 7.20. The van der Waals surface area contributed by atoms with E-state index in [1.807, 2.05) is 19.1 Å². The summed E-state index contributed by atoms with van der Waals surface area (Å²) in [7, 11) is 0. The zero-order valence-electron chi connectivity index (χ0n) is 14.8. The Hall–Kier alpha value is -2.77. The summed E-state index contributed by atoms with van der Waals surface area (Å²) in [5.41, 5.74) is 1.81. The summed E-state index contributed by atoms with van der Waals surface area (Å²) in [6, 6.07) is 9.76. The van der Waals surface area contributed by atoms with E-state index >= 15 is 0 Å². The van der Waals surface area contributed by atoms with Crippen molar-refractivity contribution in [2.24, 2.45) is 5.92 Å². The molecule has 0 unspecified atom stereocenters. The van der Waals surface area contributed by atoms with Gasteiger partial charge in [-0.1, -0.05) is 41.4 Å². The van der Waals surface area contributed by atoms with Gasteiger partial charge in [-0.05, 0) is 36.8 Å². The third kappa shape index (κ3) is 4.05. The van der Waals surface area contributed by atoms with Crippen LogP contribution in [0.4, 0.5) is 16.2 Å². The molecular formula is C19H17Cl2N3O4. The molecule has 0 aromatic heterocycles. The molecule has 9 heteroatoms. The highest BCUT2D eigenvalue weighted by Crippen LogP contribution is 2.29. The van der Waals surface area contributed by atoms with Crippen LogP contribution in [-0.4, -0.2) is 35.6 Å². The maximum atomic E-state index is 12.8. The minimum Gasteiger partial charge on any atom is -0.481 e. The van der Waals surface area contributed by atoms with Crippen molar-refractivity contribution in [2.75, 3.05) is 16.8 Å². The molecule has 0 bridgehead atoms. The average Bonchev–Trinajstić information content (AvgIpc) is 2.95. The van der Waals surface area contributed by atoms with Crippen molar-refractivity contribution in [1.82, 2.24) is 5.32 Å². The van der Waals surface area contributed by atoms with Gasteiger partial charge >= 0.3 is 12.0 Å². The quantitative estimate of drug-likeness (QED) is 0.702. The van der Waals surface area contributed by atoms with Gasteiger partial charge in [-0.3, -0.25) is 9.59 Å². The number of hydrogen-bond donors (Lipinski definition) is 3. The second-order valence-electron chi connectivity index (χ2n) is 6.39. The largest absolute Gasteiger partial charge is 0.481 e. The van der Waals surface area contributed by atoms with Gasteiger partial charge in [0.1, 0.15) is 12.0 Å². The number of anilines is 2. The van der Waals surface area contributed by atoms with Crippen LogP contribution in [0.25, 0.3) is 0 Å². The van der Waals surface area contributed by atoms with Crippen molar-refractivity contribution >= 4 is 52.5 Å². The van der Waals surface area contributed by atoms with E-state index in [9.17, 15) is 19.5 Å². The number of carbonyl (C=O) groups is 3. The number of nitrogens with zero attached hydrogens (tertiary/aromatic N) is 1. The lowest BCUT2D eigenvalue weighted by Crippen LogP contribution is -2.47. The minimum atomic E-state index is -1.19. The molecule has 3 amide bonds. The fourth-order valence-electron chi connectivity index (χ4n) is 3.08. The second kappa shape index (κ2) is 8.08. The highest BCUT2D eigenvalue weighted by Gasteiger charge is 2.46. The number of para-hydroxylation sites is 1. The maximum absolute atomic E-state index is 12.8. The molecule has 0 radical (unpaired) electrons. The Morgan fingerprint density at radius 3 is 2.50 bits per heavy atom. The predicted octanol–water partition coefficient (Wildman–Crippen LogP) is 3.54. The summed E-state index contributed by atoms with van der Waals surface area (Å²) in [4.78, 5) is 38.2. The molecular weight excluding hydrogens is 405 g/mol. The number of benzene rings is 2. The van der Waals surface area contributed by atoms with Gasteiger partial charge in [0.25, 0.3) is 5.91 Å². The van der Waals surface area contributed by atoms with Crippen LogP contribution in [0, 0.1) is 12.8 Å². The highest BCUT2D eigenvalue weighted by atomic mass is 35.5. The van der Waals surface area contributed by atoms with Crippen LogP contribution in [0.3, 0.4) is 0 Å². The van der Waals surface area contributed by atoms with Gasteiger partial charge in [0.15, 0.2) is 0 Å². The van der Waals surface area contributed by atoms with E-state index < -0.39 is 29.9 Å². The van der Waals surface area contributed by atoms with Gasteiger partial charge in [-0.15, -0.1) is 0 Å². The minimum absolute atomic E-state index is 0.0310. The highest BCUT2D eigenvalue weighted by molar-refractivity contribution is 6.42. The average molecular weight is 422 g/mol. The molecule has 3 rings (SSSR count). The van der Waals surface area contributed by atoms with Gasteiger partial charge < -0.3 is 20.6 Å². The summed E-state index contributed by atoms with van der Waals surface area (Å²) in [6.07, 6.45) is 0. The third-order valence-electron chi connectivity index (χ3n) is 4.50. The number of nitrogens with one attached hydrogen (secondary N) is 2. The van der Waals surface area contributed by atoms with E-state index in [2.05, 4.69) is 10.6 Å². The van der Waals surface area contributed by atoms with E-state index in [1.165, 1.54) is 17.0 Å². The lowest BCUT2D eigenvalue weighted by atomic mass is 10.0. The molecule has 7 nitrogen and oxygen atoms in total. The van der Waals surface area contributed by atoms with Gasteiger partial charge in [-0.2, -0.15) is 0 Å². The van der Waals surface area contributed by atoms with Crippen LogP contribution < -0.4 is 15.5 Å². The Balaban J connectivity index is 1.78. The third-order valence-corrected chi connectivity index (χ3v) is 5.24. The molecule has 2 aromatic rings. The summed E-state index contributed by atoms with van der Waals surface area (Å²) in [5, 5.41) is 15.1. The molecule has 1 heterocycles. The van der Waals surface area contributed by atoms with Crippen LogP contribution in [0.15, 0.2) is 42.5 Å². The molecule has 1 aliphatic heterocycles. The summed E-state index contributed by atoms with van der Waals surface area (Å²) in [5.74, 6) is -2.72. The molecule has 2 atom stereocenters. The maximum Gasteiger partial charge on any atom is 0.319 e. The smallest absolute Gasteiger partial charge is 0.319 e. The molecule has 2 aromatic carbocycles. The standard InChI is InChI=1S/C19H17Cl2N3O4/c1-10-4-2-3-5-15(10)24-9-12(18(26)27)16(17(24)25)23-19(28)22-11-6-7-13(20)14(21)8-11/h2-8,12,16H,9H2,1H3,(H,26,27)(H2,22,23,28)/t12-,16-/m0/s1. The Bertz CT molecular complexity index is 951. The van der Waals surface area contributed by atoms with E-state index in [0.717, 1.165) is 5.56 Å². The normalized spacial score (nSPS) is 18.8. The first-order valence-electron chi connectivity index (χ1n) is 8.40. The van der Waals surface area contributed by atoms with Gasteiger partial charge in [0, 0.05) is 17.9 Å². The number of halogens is 2. The molecule has 28 heavy (non-hydrogen) atoms. The first-order chi connectivity index (χ1) is 13.3. The number of carboxylic acids is 1. The van der Waals surface area contributed by atoms with Gasteiger partial charge in [-0.25, -0.2) is 4.79 Å². The number of rotatable bonds is 4. The molecule has 0 aliphatic carbocycles. The Labute approximate surface area is 171 Å².